The van der Waals surface area contributed by atoms with Gasteiger partial charge in [0.15, 0.2) is 0 Å². The van der Waals surface area contributed by atoms with Crippen LogP contribution in [0.3, 0.4) is 0 Å². The summed E-state index contributed by atoms with van der Waals surface area (Å²) in [4.78, 5) is 314. The second-order valence-electron chi connectivity index (χ2n) is 40.8. The van der Waals surface area contributed by atoms with Gasteiger partial charge in [-0.1, -0.05) is 78.8 Å². The van der Waals surface area contributed by atoms with Gasteiger partial charge >= 0.3 is 0 Å². The van der Waals surface area contributed by atoms with E-state index in [4.69, 9.17) is 17.2 Å². The first-order chi connectivity index (χ1) is 63.6. The van der Waals surface area contributed by atoms with Gasteiger partial charge < -0.3 is 128 Å². The van der Waals surface area contributed by atoms with E-state index in [1.165, 1.54) is 150 Å². The van der Waals surface area contributed by atoms with Gasteiger partial charge in [-0.2, -0.15) is 0 Å². The van der Waals surface area contributed by atoms with Gasteiger partial charge in [-0.05, 0) is 206 Å². The van der Waals surface area contributed by atoms with E-state index in [-0.39, 0.29) is 51.0 Å². The van der Waals surface area contributed by atoms with Crippen molar-refractivity contribution in [2.24, 2.45) is 35.0 Å². The van der Waals surface area contributed by atoms with Gasteiger partial charge in [0.05, 0.1) is 19.2 Å². The Kier molecular flexibility index (Phi) is 45.3. The summed E-state index contributed by atoms with van der Waals surface area (Å²) in [7, 11) is 0. The zero-order valence-electron chi connectivity index (χ0n) is 85.3. The molecule has 0 unspecified atom stereocenters. The molecular formula is C92H153N23O24. The van der Waals surface area contributed by atoms with Gasteiger partial charge in [-0.3, -0.25) is 110 Å². The fourth-order valence-electron chi connectivity index (χ4n) is 13.9. The average Bonchev–Trinajstić information content (AvgIpc) is 1.76. The van der Waals surface area contributed by atoms with Crippen molar-refractivity contribution in [2.45, 2.75) is 368 Å². The summed E-state index contributed by atoms with van der Waals surface area (Å²) < 4.78 is 0. The molecule has 1 fully saturated rings. The molecule has 1 heterocycles. The summed E-state index contributed by atoms with van der Waals surface area (Å²) >= 11 is 0. The number of rotatable bonds is 55. The van der Waals surface area contributed by atoms with Crippen molar-refractivity contribution < 1.29 is 115 Å². The van der Waals surface area contributed by atoms with Crippen LogP contribution < -0.4 is 118 Å². The summed E-state index contributed by atoms with van der Waals surface area (Å²) in [6.45, 7) is 36.4. The van der Waals surface area contributed by atoms with Crippen molar-refractivity contribution in [1.82, 2.24) is 106 Å². The Morgan fingerprint density at radius 2 is 0.755 bits per heavy atom. The summed E-state index contributed by atoms with van der Waals surface area (Å²) in [5.41, 5.74) is 1.08. The summed E-state index contributed by atoms with van der Waals surface area (Å²) in [5.74, 6) is -21.4. The molecule has 0 saturated carbocycles. The lowest BCUT2D eigenvalue weighted by Gasteiger charge is -2.36. The molecule has 47 heteroatoms. The lowest BCUT2D eigenvalue weighted by molar-refractivity contribution is -0.146. The largest absolute Gasteiger partial charge is 0.394 e. The first-order valence-corrected chi connectivity index (χ1v) is 46.3. The molecule has 0 radical (unpaired) electrons. The predicted octanol–water partition coefficient (Wildman–Crippen LogP) is -4.65. The van der Waals surface area contributed by atoms with Crippen LogP contribution in [0.5, 0.6) is 0 Å². The third kappa shape index (κ3) is 38.7. The Hall–Kier alpha value is -13.0. The van der Waals surface area contributed by atoms with Crippen molar-refractivity contribution >= 4 is 136 Å². The molecule has 0 spiro atoms. The minimum atomic E-state index is -1.92. The molecule has 780 valence electrons. The van der Waals surface area contributed by atoms with Crippen LogP contribution in [0.25, 0.3) is 0 Å². The Bertz CT molecular complexity index is 4680. The molecular weight excluding hydrogens is 1810 g/mol. The summed E-state index contributed by atoms with van der Waals surface area (Å²) in [6.07, 6.45) is -1.93. The number of carbonyl (C=O) groups excluding carboxylic acids is 23. The van der Waals surface area contributed by atoms with E-state index in [1.807, 2.05) is 0 Å². The number of carbonyl (C=O) groups is 23. The summed E-state index contributed by atoms with van der Waals surface area (Å²) in [6, 6.07) is -4.43. The molecule has 23 amide bonds. The lowest BCUT2D eigenvalue weighted by atomic mass is 9.93. The predicted molar refractivity (Wildman–Crippen MR) is 508 cm³/mol. The average molecular weight is 1970 g/mol. The monoisotopic (exact) mass is 1960 g/mol. The van der Waals surface area contributed by atoms with Gasteiger partial charge in [0.25, 0.3) is 0 Å². The first-order valence-electron chi connectivity index (χ1n) is 46.3. The number of nitrogens with two attached hydrogens (primary N) is 3. The van der Waals surface area contributed by atoms with Crippen LogP contribution in [0.15, 0.2) is 30.3 Å². The maximum Gasteiger partial charge on any atom is 0.248 e. The molecule has 2 rings (SSSR count). The number of likely N-dealkylation sites (tertiary alicyclic amines) is 1. The molecule has 1 aromatic rings. The Morgan fingerprint density at radius 3 is 1.19 bits per heavy atom. The van der Waals surface area contributed by atoms with Crippen molar-refractivity contribution in [1.29, 1.82) is 0 Å². The van der Waals surface area contributed by atoms with Crippen LogP contribution in [0, 0.1) is 17.8 Å². The van der Waals surface area contributed by atoms with E-state index >= 15 is 0 Å². The van der Waals surface area contributed by atoms with E-state index in [0.717, 1.165) is 5.56 Å². The third-order valence-corrected chi connectivity index (χ3v) is 23.0. The Morgan fingerprint density at radius 1 is 0.388 bits per heavy atom. The second kappa shape index (κ2) is 51.6. The van der Waals surface area contributed by atoms with Crippen molar-refractivity contribution in [3.05, 3.63) is 35.9 Å². The highest BCUT2D eigenvalue weighted by molar-refractivity contribution is 6.05. The fraction of sp³-hybridized carbons (Fsp3) is 0.685. The van der Waals surface area contributed by atoms with Crippen LogP contribution in [0.1, 0.15) is 257 Å². The topological polar surface area (TPSA) is 723 Å². The normalized spacial score (nSPS) is 15.5. The van der Waals surface area contributed by atoms with Crippen LogP contribution in [0.4, 0.5) is 0 Å². The van der Waals surface area contributed by atoms with E-state index in [9.17, 15) is 115 Å². The van der Waals surface area contributed by atoms with Crippen LogP contribution in [0.2, 0.25) is 0 Å². The SMILES string of the molecule is CC[C@@](C)(NC(=O)C(C)(C)NC(=O)[C@@H](NC(=O)[C@@H]1CCCN1C(=O)C(C)(C)NC(=O)[C@H](CC(C)C)NC(=O)CNC(=O)C(C)(C)NC(=O)[C@@H](NC(=O)C(C)(C)NC(=O)[C@H](CCC(N)=O)NC(=O)C(C)(C)NC(=O)C(C)(C)NC(=O)[C@H](C)NC(=O)C(C)(C)NC(=O)[C@H](C)NC(=O)C(C)(C)NC(C)=O)C(C)C)C(C)C)C(=O)N[C@@H](CCC(N)=O)C(=O)N[C@@H](CCC(N)=O)C(=O)N[C@H](CO)Cc1ccccc1. The highest BCUT2D eigenvalue weighted by Crippen LogP contribution is 2.25. The zero-order valence-corrected chi connectivity index (χ0v) is 85.3. The van der Waals surface area contributed by atoms with Crippen LogP contribution in [-0.4, -0.2) is 276 Å². The Balaban J connectivity index is 2.20. The van der Waals surface area contributed by atoms with Crippen LogP contribution in [-0.2, 0) is 117 Å². The highest BCUT2D eigenvalue weighted by Gasteiger charge is 2.49. The van der Waals surface area contributed by atoms with Crippen LogP contribution >= 0.6 is 0 Å². The number of nitrogens with one attached hydrogen (secondary N) is 19. The smallest absolute Gasteiger partial charge is 0.248 e. The van der Waals surface area contributed by atoms with Crippen molar-refractivity contribution in [3.63, 3.8) is 0 Å². The van der Waals surface area contributed by atoms with Gasteiger partial charge in [0.2, 0.25) is 136 Å². The van der Waals surface area contributed by atoms with Crippen molar-refractivity contribution in [2.75, 3.05) is 19.7 Å². The molecule has 139 heavy (non-hydrogen) atoms. The molecule has 1 aliphatic heterocycles. The lowest BCUT2D eigenvalue weighted by Crippen LogP contribution is -2.67. The zero-order chi connectivity index (χ0) is 107. The van der Waals surface area contributed by atoms with E-state index in [1.54, 1.807) is 71.9 Å². The fourth-order valence-corrected chi connectivity index (χ4v) is 13.9. The third-order valence-electron chi connectivity index (χ3n) is 23.0. The highest BCUT2D eigenvalue weighted by atomic mass is 16.3. The molecule has 1 saturated heterocycles. The van der Waals surface area contributed by atoms with Gasteiger partial charge in [-0.15, -0.1) is 0 Å². The molecule has 47 nitrogen and oxygen atoms in total. The number of aliphatic hydroxyl groups excluding tert-OH is 1. The number of hydrogen-bond acceptors (Lipinski definition) is 24. The molecule has 11 atom stereocenters. The number of hydrogen-bond donors (Lipinski definition) is 23. The molecule has 0 aliphatic carbocycles. The number of nitrogens with zero attached hydrogens (tertiary/aromatic N) is 1. The maximum absolute atomic E-state index is 14.6. The second-order valence-corrected chi connectivity index (χ2v) is 40.8. The molecule has 26 N–H and O–H groups in total. The van der Waals surface area contributed by atoms with Gasteiger partial charge in [0, 0.05) is 32.7 Å². The van der Waals surface area contributed by atoms with E-state index in [2.05, 4.69) is 101 Å². The van der Waals surface area contributed by atoms with Crippen molar-refractivity contribution in [3.8, 4) is 0 Å². The summed E-state index contributed by atoms with van der Waals surface area (Å²) in [5, 5.41) is 58.5. The number of benzene rings is 1. The van der Waals surface area contributed by atoms with Gasteiger partial charge in [0.1, 0.15) is 104 Å². The number of primary amides is 3. The number of aliphatic hydroxyl groups is 1. The molecule has 1 aromatic carbocycles. The minimum Gasteiger partial charge on any atom is -0.394 e. The molecule has 1 aliphatic rings. The first kappa shape index (κ1) is 122. The standard InChI is InChI=1S/C92H153N23O24/c1-28-92(27,82(138)103-56(37-40-61(94)119)69(125)101-55(36-39-60(93)118)68(124)99-54(46-116)44-53-33-30-29-31-34-53)114-81(137)90(23,24)112-73(129)64(48(4)5)104-72(128)59-35-32-42-115(59)83(139)91(25,26)110-71(127)58(43-47(2)3)100-63(121)45-96-75(131)84(11,12)111-74(130)65(49(6)7)105-79(135)87(17,18)109-70(126)57(38-41-62(95)120)102-78(134)88(19,20)113-80(136)89(21,22)108-67(123)51(9)98-77(133)86(15,16)107-66(122)50(8)97-76(132)85(13,14)106-52(10)117/h29-31,33-34,47-51,54-59,64-65,116H,28,32,35-46H2,1-27H3,(H2,93,118)(H2,94,119)(H2,95,120)(H,96,131)(H,97,132)(H,98,133)(H,99,124)(H,100,121)(H,101,125)(H,102,134)(H,103,138)(H,104,128)(H,105,135)(H,106,117)(H,107,122)(H,108,123)(H,109,126)(H,110,127)(H,111,130)(H,112,129)(H,113,136)(H,114,137)/t50-,51-,54-,55-,56-,57-,58-,59-,64-,65-,92+/m0/s1. The molecule has 0 bridgehead atoms. The number of amides is 23. The molecule has 0 aromatic heterocycles. The van der Waals surface area contributed by atoms with E-state index < -0.39 is 297 Å². The quantitative estimate of drug-likeness (QED) is 0.0292. The Labute approximate surface area is 812 Å². The van der Waals surface area contributed by atoms with E-state index in [0.29, 0.717) is 6.42 Å². The van der Waals surface area contributed by atoms with Gasteiger partial charge in [-0.25, -0.2) is 0 Å². The maximum atomic E-state index is 14.6. The minimum absolute atomic E-state index is 0.00549.